The molecule has 0 saturated heterocycles. The van der Waals surface area contributed by atoms with Crippen LogP contribution in [0, 0.1) is 0 Å². The third kappa shape index (κ3) is 4.31. The molecule has 1 atom stereocenters. The highest BCUT2D eigenvalue weighted by molar-refractivity contribution is 7.83. The molecular formula is C18H22OS. The number of hydrogen-bond donors (Lipinski definition) is 0. The lowest BCUT2D eigenvalue weighted by Crippen LogP contribution is -2.10. The van der Waals surface area contributed by atoms with Gasteiger partial charge in [0.25, 0.3) is 0 Å². The van der Waals surface area contributed by atoms with E-state index in [4.69, 9.17) is 0 Å². The summed E-state index contributed by atoms with van der Waals surface area (Å²) in [6, 6.07) is 18.5. The molecule has 20 heavy (non-hydrogen) atoms. The van der Waals surface area contributed by atoms with Crippen molar-refractivity contribution in [1.82, 2.24) is 0 Å². The Morgan fingerprint density at radius 3 is 1.80 bits per heavy atom. The minimum atomic E-state index is -0.850. The Labute approximate surface area is 124 Å². The Bertz CT molecular complexity index is 565. The standard InChI is InChI=1S/C18H22OS/c1-18(2,3)17-11-9-16(10-12-17)14-20(19)13-15-7-5-4-6-8-15/h4-12H,13-14H2,1-3H3/t20-/m1/s1. The summed E-state index contributed by atoms with van der Waals surface area (Å²) < 4.78 is 12.2. The van der Waals surface area contributed by atoms with Gasteiger partial charge in [0.15, 0.2) is 0 Å². The van der Waals surface area contributed by atoms with Crippen LogP contribution in [0.4, 0.5) is 0 Å². The first-order valence-corrected chi connectivity index (χ1v) is 8.42. The molecule has 0 N–H and O–H groups in total. The van der Waals surface area contributed by atoms with Gasteiger partial charge in [-0.05, 0) is 22.1 Å². The van der Waals surface area contributed by atoms with Crippen molar-refractivity contribution >= 4 is 10.8 Å². The number of hydrogen-bond acceptors (Lipinski definition) is 1. The van der Waals surface area contributed by atoms with E-state index in [0.29, 0.717) is 11.5 Å². The molecule has 2 aromatic rings. The van der Waals surface area contributed by atoms with Gasteiger partial charge in [0.2, 0.25) is 0 Å². The van der Waals surface area contributed by atoms with E-state index in [2.05, 4.69) is 45.0 Å². The molecule has 0 saturated carbocycles. The van der Waals surface area contributed by atoms with Crippen LogP contribution in [-0.4, -0.2) is 4.21 Å². The third-order valence-electron chi connectivity index (χ3n) is 3.32. The van der Waals surface area contributed by atoms with Gasteiger partial charge in [0.1, 0.15) is 0 Å². The summed E-state index contributed by atoms with van der Waals surface area (Å²) in [6.07, 6.45) is 0. The average Bonchev–Trinajstić information content (AvgIpc) is 2.39. The van der Waals surface area contributed by atoms with Gasteiger partial charge in [-0.1, -0.05) is 75.4 Å². The SMILES string of the molecule is CC(C)(C)c1ccc(C[S@](=O)Cc2ccccc2)cc1. The fraction of sp³-hybridized carbons (Fsp3) is 0.333. The van der Waals surface area contributed by atoms with Crippen LogP contribution in [-0.2, 0) is 27.7 Å². The third-order valence-corrected chi connectivity index (χ3v) is 4.63. The van der Waals surface area contributed by atoms with Crippen LogP contribution in [0.15, 0.2) is 54.6 Å². The van der Waals surface area contributed by atoms with Gasteiger partial charge in [-0.2, -0.15) is 0 Å². The van der Waals surface area contributed by atoms with E-state index in [1.807, 2.05) is 30.3 Å². The molecule has 0 aliphatic heterocycles. The molecule has 0 radical (unpaired) electrons. The molecule has 0 unspecified atom stereocenters. The lowest BCUT2D eigenvalue weighted by molar-refractivity contribution is 0.590. The van der Waals surface area contributed by atoms with Crippen LogP contribution < -0.4 is 0 Å². The zero-order valence-electron chi connectivity index (χ0n) is 12.4. The molecule has 0 aromatic heterocycles. The van der Waals surface area contributed by atoms with Crippen molar-refractivity contribution in [3.05, 3.63) is 71.3 Å². The molecule has 0 amide bonds. The Kier molecular flexibility index (Phi) is 4.77. The van der Waals surface area contributed by atoms with E-state index >= 15 is 0 Å². The average molecular weight is 286 g/mol. The Hall–Kier alpha value is -1.41. The Morgan fingerprint density at radius 2 is 1.30 bits per heavy atom. The lowest BCUT2D eigenvalue weighted by atomic mass is 9.87. The highest BCUT2D eigenvalue weighted by atomic mass is 32.2. The first-order valence-electron chi connectivity index (χ1n) is 6.93. The second-order valence-corrected chi connectivity index (χ2v) is 7.62. The second-order valence-electron chi connectivity index (χ2n) is 6.16. The number of rotatable bonds is 4. The van der Waals surface area contributed by atoms with Crippen LogP contribution in [0.3, 0.4) is 0 Å². The first-order chi connectivity index (χ1) is 9.45. The normalized spacial score (nSPS) is 13.2. The van der Waals surface area contributed by atoms with E-state index < -0.39 is 10.8 Å². The molecule has 1 nitrogen and oxygen atoms in total. The smallest absolute Gasteiger partial charge is 0.0489 e. The summed E-state index contributed by atoms with van der Waals surface area (Å²) >= 11 is 0. The molecule has 2 heteroatoms. The predicted octanol–water partition coefficient (Wildman–Crippen LogP) is 4.43. The minimum Gasteiger partial charge on any atom is -0.259 e. The maximum atomic E-state index is 12.2. The van der Waals surface area contributed by atoms with Gasteiger partial charge in [0.05, 0.1) is 0 Å². The molecule has 0 fully saturated rings. The van der Waals surface area contributed by atoms with E-state index in [-0.39, 0.29) is 5.41 Å². The van der Waals surface area contributed by atoms with Crippen LogP contribution in [0.25, 0.3) is 0 Å². The van der Waals surface area contributed by atoms with Gasteiger partial charge < -0.3 is 0 Å². The van der Waals surface area contributed by atoms with Gasteiger partial charge in [-0.15, -0.1) is 0 Å². The quantitative estimate of drug-likeness (QED) is 0.812. The number of benzene rings is 2. The molecule has 0 aliphatic carbocycles. The van der Waals surface area contributed by atoms with Crippen LogP contribution in [0.2, 0.25) is 0 Å². The summed E-state index contributed by atoms with van der Waals surface area (Å²) in [5.41, 5.74) is 3.77. The van der Waals surface area contributed by atoms with Gasteiger partial charge >= 0.3 is 0 Å². The van der Waals surface area contributed by atoms with Crippen molar-refractivity contribution in [1.29, 1.82) is 0 Å². The Balaban J connectivity index is 1.98. The van der Waals surface area contributed by atoms with Crippen LogP contribution in [0.5, 0.6) is 0 Å². The van der Waals surface area contributed by atoms with Crippen molar-refractivity contribution in [3.63, 3.8) is 0 Å². The monoisotopic (exact) mass is 286 g/mol. The van der Waals surface area contributed by atoms with Gasteiger partial charge in [-0.3, -0.25) is 4.21 Å². The molecule has 106 valence electrons. The molecular weight excluding hydrogens is 264 g/mol. The molecule has 0 bridgehead atoms. The van der Waals surface area contributed by atoms with E-state index in [0.717, 1.165) is 11.1 Å². The summed E-state index contributed by atoms with van der Waals surface area (Å²) in [7, 11) is -0.850. The fourth-order valence-corrected chi connectivity index (χ4v) is 3.33. The molecule has 0 aliphatic rings. The fourth-order valence-electron chi connectivity index (χ4n) is 2.10. The highest BCUT2D eigenvalue weighted by Gasteiger charge is 2.13. The Morgan fingerprint density at radius 1 is 0.800 bits per heavy atom. The van der Waals surface area contributed by atoms with Crippen LogP contribution >= 0.6 is 0 Å². The van der Waals surface area contributed by atoms with Crippen molar-refractivity contribution in [3.8, 4) is 0 Å². The van der Waals surface area contributed by atoms with Crippen molar-refractivity contribution in [2.45, 2.75) is 37.7 Å². The molecule has 0 heterocycles. The molecule has 2 rings (SSSR count). The molecule has 2 aromatic carbocycles. The predicted molar refractivity (Wildman–Crippen MR) is 87.1 cm³/mol. The molecule has 0 spiro atoms. The zero-order chi connectivity index (χ0) is 14.6. The van der Waals surface area contributed by atoms with E-state index in [1.54, 1.807) is 0 Å². The first kappa shape index (κ1) is 15.0. The van der Waals surface area contributed by atoms with Crippen molar-refractivity contribution < 1.29 is 4.21 Å². The maximum Gasteiger partial charge on any atom is 0.0489 e. The van der Waals surface area contributed by atoms with E-state index in [9.17, 15) is 4.21 Å². The van der Waals surface area contributed by atoms with Gasteiger partial charge in [-0.25, -0.2) is 0 Å². The van der Waals surface area contributed by atoms with E-state index in [1.165, 1.54) is 5.56 Å². The maximum absolute atomic E-state index is 12.2. The minimum absolute atomic E-state index is 0.168. The summed E-state index contributed by atoms with van der Waals surface area (Å²) in [6.45, 7) is 6.61. The topological polar surface area (TPSA) is 17.1 Å². The van der Waals surface area contributed by atoms with Crippen molar-refractivity contribution in [2.75, 3.05) is 0 Å². The second kappa shape index (κ2) is 6.36. The zero-order valence-corrected chi connectivity index (χ0v) is 13.2. The highest BCUT2D eigenvalue weighted by Crippen LogP contribution is 2.22. The largest absolute Gasteiger partial charge is 0.259 e. The summed E-state index contributed by atoms with van der Waals surface area (Å²) in [4.78, 5) is 0. The van der Waals surface area contributed by atoms with Crippen molar-refractivity contribution in [2.24, 2.45) is 0 Å². The lowest BCUT2D eigenvalue weighted by Gasteiger charge is -2.19. The van der Waals surface area contributed by atoms with Crippen LogP contribution in [0.1, 0.15) is 37.5 Å². The van der Waals surface area contributed by atoms with Gasteiger partial charge in [0, 0.05) is 22.3 Å². The summed E-state index contributed by atoms with van der Waals surface area (Å²) in [5.74, 6) is 1.25. The summed E-state index contributed by atoms with van der Waals surface area (Å²) in [5, 5.41) is 0.